The maximum absolute atomic E-state index is 13.1. The molecule has 24 heavy (non-hydrogen) atoms. The highest BCUT2D eigenvalue weighted by Gasteiger charge is 2.23. The molecule has 0 spiro atoms. The van der Waals surface area contributed by atoms with Gasteiger partial charge in [0.1, 0.15) is 16.3 Å². The Kier molecular flexibility index (Phi) is 3.54. The lowest BCUT2D eigenvalue weighted by Crippen LogP contribution is -2.08. The van der Waals surface area contributed by atoms with Gasteiger partial charge in [-0.1, -0.05) is 24.4 Å². The summed E-state index contributed by atoms with van der Waals surface area (Å²) in [5, 5.41) is 0. The smallest absolute Gasteiger partial charge is 0.205 e. The second-order valence-corrected chi connectivity index (χ2v) is 5.82. The third-order valence-electron chi connectivity index (χ3n) is 3.95. The van der Waals surface area contributed by atoms with Gasteiger partial charge in [0.15, 0.2) is 11.5 Å². The van der Waals surface area contributed by atoms with Gasteiger partial charge >= 0.3 is 0 Å². The van der Waals surface area contributed by atoms with Gasteiger partial charge in [0.2, 0.25) is 5.88 Å². The minimum atomic E-state index is -0.301. The summed E-state index contributed by atoms with van der Waals surface area (Å²) in [6, 6.07) is 11.8. The SMILES string of the molecule is COc1cccc2c1Oc1[nH]c(-c3ccc(F)cc3)nc(=S)c1C2. The first-order valence-electron chi connectivity index (χ1n) is 7.38. The summed E-state index contributed by atoms with van der Waals surface area (Å²) in [5.74, 6) is 2.13. The summed E-state index contributed by atoms with van der Waals surface area (Å²) in [7, 11) is 1.60. The molecule has 0 atom stereocenters. The number of nitrogens with zero attached hydrogens (tertiary/aromatic N) is 1. The van der Waals surface area contributed by atoms with Crippen LogP contribution in [-0.4, -0.2) is 17.1 Å². The largest absolute Gasteiger partial charge is 0.493 e. The van der Waals surface area contributed by atoms with E-state index in [1.54, 1.807) is 19.2 Å². The van der Waals surface area contributed by atoms with Crippen molar-refractivity contribution >= 4 is 12.2 Å². The molecule has 1 aliphatic rings. The fraction of sp³-hybridized carbons (Fsp3) is 0.111. The Balaban J connectivity index is 1.82. The minimum absolute atomic E-state index is 0.301. The number of hydrogen-bond acceptors (Lipinski definition) is 4. The summed E-state index contributed by atoms with van der Waals surface area (Å²) in [6.45, 7) is 0. The van der Waals surface area contributed by atoms with Crippen molar-refractivity contribution < 1.29 is 13.9 Å². The van der Waals surface area contributed by atoms with E-state index in [9.17, 15) is 4.39 Å². The van der Waals surface area contributed by atoms with Gasteiger partial charge in [-0.2, -0.15) is 0 Å². The number of halogens is 1. The number of H-pyrrole nitrogens is 1. The zero-order valence-electron chi connectivity index (χ0n) is 12.8. The van der Waals surface area contributed by atoms with E-state index in [4.69, 9.17) is 21.7 Å². The predicted octanol–water partition coefficient (Wildman–Crippen LogP) is 4.65. The number of hydrogen-bond donors (Lipinski definition) is 1. The molecule has 2 aromatic carbocycles. The molecule has 0 saturated heterocycles. The Morgan fingerprint density at radius 2 is 2.00 bits per heavy atom. The van der Waals surface area contributed by atoms with Gasteiger partial charge in [-0.25, -0.2) is 9.37 Å². The number of benzene rings is 2. The number of methoxy groups -OCH3 is 1. The van der Waals surface area contributed by atoms with Crippen LogP contribution in [0.3, 0.4) is 0 Å². The first-order valence-corrected chi connectivity index (χ1v) is 7.79. The standard InChI is InChI=1S/C18H13FN2O2S/c1-22-14-4-2-3-11-9-13-17(23-15(11)14)20-16(21-18(13)24)10-5-7-12(19)8-6-10/h2-8H,9H2,1H3,(H,20,21,24). The number of rotatable bonds is 2. The second-order valence-electron chi connectivity index (χ2n) is 5.43. The summed E-state index contributed by atoms with van der Waals surface area (Å²) in [5.41, 5.74) is 2.56. The van der Waals surface area contributed by atoms with Crippen LogP contribution in [0.1, 0.15) is 11.1 Å². The summed E-state index contributed by atoms with van der Waals surface area (Å²) < 4.78 is 25.0. The number of aromatic nitrogens is 2. The van der Waals surface area contributed by atoms with Crippen molar-refractivity contribution in [3.63, 3.8) is 0 Å². The zero-order chi connectivity index (χ0) is 16.7. The molecule has 0 unspecified atom stereocenters. The molecule has 0 amide bonds. The van der Waals surface area contributed by atoms with Crippen molar-refractivity contribution in [2.75, 3.05) is 7.11 Å². The molecule has 6 heteroatoms. The quantitative estimate of drug-likeness (QED) is 0.540. The summed E-state index contributed by atoms with van der Waals surface area (Å²) in [4.78, 5) is 7.58. The van der Waals surface area contributed by atoms with Crippen molar-refractivity contribution in [2.45, 2.75) is 6.42 Å². The lowest BCUT2D eigenvalue weighted by molar-refractivity contribution is 0.365. The Bertz CT molecular complexity index is 983. The van der Waals surface area contributed by atoms with Crippen LogP contribution >= 0.6 is 12.2 Å². The normalized spacial score (nSPS) is 12.1. The van der Waals surface area contributed by atoms with Crippen LogP contribution in [0, 0.1) is 10.5 Å². The lowest BCUT2D eigenvalue weighted by atomic mass is 10.0. The maximum Gasteiger partial charge on any atom is 0.205 e. The van der Waals surface area contributed by atoms with Crippen LogP contribution in [-0.2, 0) is 6.42 Å². The highest BCUT2D eigenvalue weighted by Crippen LogP contribution is 2.41. The van der Waals surface area contributed by atoms with Gasteiger partial charge in [0.25, 0.3) is 0 Å². The van der Waals surface area contributed by atoms with Gasteiger partial charge < -0.3 is 14.5 Å². The Morgan fingerprint density at radius 1 is 1.21 bits per heavy atom. The van der Waals surface area contributed by atoms with E-state index in [1.165, 1.54) is 12.1 Å². The van der Waals surface area contributed by atoms with Crippen molar-refractivity contribution in [1.29, 1.82) is 0 Å². The monoisotopic (exact) mass is 340 g/mol. The summed E-state index contributed by atoms with van der Waals surface area (Å²) in [6.07, 6.45) is 0.619. The molecule has 4 rings (SSSR count). The minimum Gasteiger partial charge on any atom is -0.493 e. The zero-order valence-corrected chi connectivity index (χ0v) is 13.6. The molecule has 120 valence electrons. The van der Waals surface area contributed by atoms with Gasteiger partial charge in [0, 0.05) is 17.5 Å². The molecule has 1 aliphatic heterocycles. The van der Waals surface area contributed by atoms with Crippen LogP contribution in [0.15, 0.2) is 42.5 Å². The molecule has 0 bridgehead atoms. The van der Waals surface area contributed by atoms with Crippen molar-refractivity contribution in [3.05, 3.63) is 64.0 Å². The highest BCUT2D eigenvalue weighted by atomic mass is 32.1. The second kappa shape index (κ2) is 5.72. The fourth-order valence-corrected chi connectivity index (χ4v) is 2.99. The van der Waals surface area contributed by atoms with Gasteiger partial charge in [-0.05, 0) is 30.3 Å². The number of ether oxygens (including phenoxy) is 2. The molecule has 0 radical (unpaired) electrons. The van der Waals surface area contributed by atoms with Crippen LogP contribution < -0.4 is 9.47 Å². The van der Waals surface area contributed by atoms with Gasteiger partial charge in [0.05, 0.1) is 12.7 Å². The van der Waals surface area contributed by atoms with E-state index in [1.807, 2.05) is 18.2 Å². The molecule has 0 fully saturated rings. The van der Waals surface area contributed by atoms with E-state index >= 15 is 0 Å². The summed E-state index contributed by atoms with van der Waals surface area (Å²) >= 11 is 5.43. The third kappa shape index (κ3) is 2.45. The number of para-hydroxylation sites is 1. The Morgan fingerprint density at radius 3 is 2.75 bits per heavy atom. The third-order valence-corrected chi connectivity index (χ3v) is 4.28. The average Bonchev–Trinajstić information content (AvgIpc) is 2.60. The van der Waals surface area contributed by atoms with E-state index in [-0.39, 0.29) is 5.82 Å². The van der Waals surface area contributed by atoms with Crippen LogP contribution in [0.4, 0.5) is 4.39 Å². The van der Waals surface area contributed by atoms with Crippen molar-refractivity contribution in [1.82, 2.24) is 9.97 Å². The number of fused-ring (bicyclic) bond motifs is 2. The maximum atomic E-state index is 13.1. The molecule has 2 heterocycles. The fourth-order valence-electron chi connectivity index (χ4n) is 2.73. The first-order chi connectivity index (χ1) is 11.7. The first kappa shape index (κ1) is 14.8. The molecule has 4 nitrogen and oxygen atoms in total. The molecule has 3 aromatic rings. The van der Waals surface area contributed by atoms with Crippen LogP contribution in [0.2, 0.25) is 0 Å². The molecule has 1 aromatic heterocycles. The van der Waals surface area contributed by atoms with E-state index < -0.39 is 0 Å². The van der Waals surface area contributed by atoms with Crippen LogP contribution in [0.25, 0.3) is 11.4 Å². The van der Waals surface area contributed by atoms with E-state index in [0.29, 0.717) is 34.3 Å². The Hall–Kier alpha value is -2.73. The predicted molar refractivity (Wildman–Crippen MR) is 90.7 cm³/mol. The number of aromatic amines is 1. The van der Waals surface area contributed by atoms with E-state index in [0.717, 1.165) is 16.7 Å². The van der Waals surface area contributed by atoms with Crippen molar-refractivity contribution in [2.24, 2.45) is 0 Å². The van der Waals surface area contributed by atoms with E-state index in [2.05, 4.69) is 9.97 Å². The van der Waals surface area contributed by atoms with Gasteiger partial charge in [-0.3, -0.25) is 0 Å². The molecule has 0 aliphatic carbocycles. The van der Waals surface area contributed by atoms with Crippen LogP contribution in [0.5, 0.6) is 17.4 Å². The van der Waals surface area contributed by atoms with Gasteiger partial charge in [-0.15, -0.1) is 0 Å². The van der Waals surface area contributed by atoms with Crippen molar-refractivity contribution in [3.8, 4) is 28.8 Å². The molecule has 1 N–H and O–H groups in total. The lowest BCUT2D eigenvalue weighted by Gasteiger charge is -2.22. The topological polar surface area (TPSA) is 47.1 Å². The Labute approximate surface area is 142 Å². The number of nitrogens with one attached hydrogen (secondary N) is 1. The average molecular weight is 340 g/mol. The highest BCUT2D eigenvalue weighted by molar-refractivity contribution is 7.71. The molecule has 0 saturated carbocycles. The molecular formula is C18H13FN2O2S. The molecular weight excluding hydrogens is 327 g/mol.